The predicted molar refractivity (Wildman–Crippen MR) is 55.9 cm³/mol. The van der Waals surface area contributed by atoms with Gasteiger partial charge in [0.2, 0.25) is 0 Å². The Labute approximate surface area is 92.6 Å². The van der Waals surface area contributed by atoms with Gasteiger partial charge in [-0.3, -0.25) is 0 Å². The maximum absolute atomic E-state index is 10.7. The van der Waals surface area contributed by atoms with E-state index in [4.69, 9.17) is 21.4 Å². The highest BCUT2D eigenvalue weighted by Gasteiger charge is 2.32. The molecule has 15 heavy (non-hydrogen) atoms. The highest BCUT2D eigenvalue weighted by molar-refractivity contribution is 6.31. The van der Waals surface area contributed by atoms with E-state index in [1.807, 2.05) is 18.2 Å². The third-order valence-corrected chi connectivity index (χ3v) is 2.89. The smallest absolute Gasteiger partial charge is 0.332 e. The Balaban J connectivity index is 2.14. The molecule has 0 saturated carbocycles. The van der Waals surface area contributed by atoms with Crippen molar-refractivity contribution in [3.8, 4) is 0 Å². The van der Waals surface area contributed by atoms with Gasteiger partial charge >= 0.3 is 5.97 Å². The van der Waals surface area contributed by atoms with Gasteiger partial charge in [0.25, 0.3) is 0 Å². The van der Waals surface area contributed by atoms with E-state index in [1.54, 1.807) is 6.07 Å². The summed E-state index contributed by atoms with van der Waals surface area (Å²) in [5.41, 5.74) is 0.878. The Hall–Kier alpha value is -1.06. The van der Waals surface area contributed by atoms with Crippen LogP contribution in [0.1, 0.15) is 24.5 Å². The van der Waals surface area contributed by atoms with E-state index < -0.39 is 12.1 Å². The molecule has 1 heterocycles. The molecule has 80 valence electrons. The van der Waals surface area contributed by atoms with E-state index in [1.165, 1.54) is 0 Å². The number of aliphatic carboxylic acids is 1. The second-order valence-electron chi connectivity index (χ2n) is 3.55. The van der Waals surface area contributed by atoms with Crippen LogP contribution in [-0.4, -0.2) is 17.2 Å². The predicted octanol–water partition coefficient (Wildman–Crippen LogP) is 2.64. The van der Waals surface area contributed by atoms with E-state index in [9.17, 15) is 4.79 Å². The van der Waals surface area contributed by atoms with Gasteiger partial charge in [-0.1, -0.05) is 29.8 Å². The molecular weight excluding hydrogens is 216 g/mol. The number of carbonyl (C=O) groups is 1. The number of hydrogen-bond acceptors (Lipinski definition) is 2. The quantitative estimate of drug-likeness (QED) is 0.843. The van der Waals surface area contributed by atoms with Gasteiger partial charge in [0.1, 0.15) is 0 Å². The van der Waals surface area contributed by atoms with Gasteiger partial charge in [-0.05, 0) is 24.5 Å². The lowest BCUT2D eigenvalue weighted by Gasteiger charge is -2.12. The van der Waals surface area contributed by atoms with Crippen molar-refractivity contribution in [1.29, 1.82) is 0 Å². The number of ether oxygens (including phenoxy) is 1. The summed E-state index contributed by atoms with van der Waals surface area (Å²) in [5, 5.41) is 9.42. The zero-order valence-corrected chi connectivity index (χ0v) is 8.78. The lowest BCUT2D eigenvalue weighted by Crippen LogP contribution is -2.18. The van der Waals surface area contributed by atoms with Crippen LogP contribution in [0.25, 0.3) is 0 Å². The largest absolute Gasteiger partial charge is 0.479 e. The molecule has 0 bridgehead atoms. The second kappa shape index (κ2) is 4.21. The van der Waals surface area contributed by atoms with E-state index in [-0.39, 0.29) is 6.10 Å². The van der Waals surface area contributed by atoms with E-state index in [0.29, 0.717) is 17.9 Å². The van der Waals surface area contributed by atoms with Crippen LogP contribution in [0.2, 0.25) is 5.02 Å². The van der Waals surface area contributed by atoms with Crippen LogP contribution in [0, 0.1) is 0 Å². The third kappa shape index (κ3) is 2.13. The molecule has 4 heteroatoms. The topological polar surface area (TPSA) is 46.5 Å². The summed E-state index contributed by atoms with van der Waals surface area (Å²) < 4.78 is 5.41. The number of rotatable bonds is 2. The van der Waals surface area contributed by atoms with Gasteiger partial charge in [-0.2, -0.15) is 0 Å². The zero-order chi connectivity index (χ0) is 10.8. The van der Waals surface area contributed by atoms with Crippen LogP contribution < -0.4 is 0 Å². The summed E-state index contributed by atoms with van der Waals surface area (Å²) in [4.78, 5) is 10.7. The first-order valence-corrected chi connectivity index (χ1v) is 5.19. The maximum Gasteiger partial charge on any atom is 0.332 e. The molecule has 2 rings (SSSR count). The van der Waals surface area contributed by atoms with Crippen molar-refractivity contribution in [2.45, 2.75) is 25.0 Å². The molecule has 0 aromatic heterocycles. The molecule has 0 radical (unpaired) electrons. The van der Waals surface area contributed by atoms with Crippen LogP contribution in [0.4, 0.5) is 0 Å². The molecule has 1 N–H and O–H groups in total. The van der Waals surface area contributed by atoms with Gasteiger partial charge < -0.3 is 9.84 Å². The first-order valence-electron chi connectivity index (χ1n) is 4.81. The van der Waals surface area contributed by atoms with E-state index >= 15 is 0 Å². The van der Waals surface area contributed by atoms with Gasteiger partial charge in [-0.15, -0.1) is 0 Å². The molecule has 0 spiro atoms. The SMILES string of the molecule is O=C(O)C1CCC(c2ccccc2Cl)O1. The van der Waals surface area contributed by atoms with Crippen LogP contribution in [0.5, 0.6) is 0 Å². The first kappa shape index (κ1) is 10.5. The average Bonchev–Trinajstić information content (AvgIpc) is 2.67. The normalized spacial score (nSPS) is 25.4. The van der Waals surface area contributed by atoms with Crippen molar-refractivity contribution < 1.29 is 14.6 Å². The lowest BCUT2D eigenvalue weighted by molar-refractivity contribution is -0.149. The van der Waals surface area contributed by atoms with Gasteiger partial charge in [0.05, 0.1) is 6.10 Å². The van der Waals surface area contributed by atoms with E-state index in [2.05, 4.69) is 0 Å². The van der Waals surface area contributed by atoms with Crippen molar-refractivity contribution in [3.63, 3.8) is 0 Å². The Morgan fingerprint density at radius 1 is 1.40 bits per heavy atom. The fourth-order valence-electron chi connectivity index (χ4n) is 1.78. The molecule has 3 nitrogen and oxygen atoms in total. The van der Waals surface area contributed by atoms with Crippen molar-refractivity contribution in [2.24, 2.45) is 0 Å². The maximum atomic E-state index is 10.7. The molecule has 1 aromatic carbocycles. The highest BCUT2D eigenvalue weighted by atomic mass is 35.5. The number of halogens is 1. The Morgan fingerprint density at radius 3 is 2.73 bits per heavy atom. The van der Waals surface area contributed by atoms with Crippen molar-refractivity contribution in [1.82, 2.24) is 0 Å². The molecule has 1 fully saturated rings. The molecule has 1 saturated heterocycles. The number of benzene rings is 1. The number of carboxylic acids is 1. The minimum atomic E-state index is -0.899. The molecule has 2 atom stereocenters. The summed E-state index contributed by atoms with van der Waals surface area (Å²) in [5.74, 6) is -0.899. The van der Waals surface area contributed by atoms with Crippen molar-refractivity contribution in [3.05, 3.63) is 34.9 Å². The van der Waals surface area contributed by atoms with Crippen LogP contribution >= 0.6 is 11.6 Å². The molecule has 1 aliphatic rings. The Kier molecular flexibility index (Phi) is 2.93. The zero-order valence-electron chi connectivity index (χ0n) is 8.02. The van der Waals surface area contributed by atoms with Crippen molar-refractivity contribution >= 4 is 17.6 Å². The van der Waals surface area contributed by atoms with Gasteiger partial charge in [0, 0.05) is 5.02 Å². The van der Waals surface area contributed by atoms with E-state index in [0.717, 1.165) is 5.56 Å². The Morgan fingerprint density at radius 2 is 2.13 bits per heavy atom. The molecule has 2 unspecified atom stereocenters. The summed E-state index contributed by atoms with van der Waals surface area (Å²) >= 11 is 6.00. The standard InChI is InChI=1S/C11H11ClO3/c12-8-4-2-1-3-7(8)9-5-6-10(15-9)11(13)14/h1-4,9-10H,5-6H2,(H,13,14). The number of carboxylic acid groups (broad SMARTS) is 1. The van der Waals surface area contributed by atoms with Gasteiger partial charge in [-0.25, -0.2) is 4.79 Å². The summed E-state index contributed by atoms with van der Waals surface area (Å²) in [6, 6.07) is 7.37. The molecule has 1 aliphatic heterocycles. The van der Waals surface area contributed by atoms with Crippen molar-refractivity contribution in [2.75, 3.05) is 0 Å². The molecule has 0 aliphatic carbocycles. The lowest BCUT2D eigenvalue weighted by atomic mass is 10.1. The van der Waals surface area contributed by atoms with Gasteiger partial charge in [0.15, 0.2) is 6.10 Å². The second-order valence-corrected chi connectivity index (χ2v) is 3.96. The Bertz CT molecular complexity index is 378. The number of hydrogen-bond donors (Lipinski definition) is 1. The minimum Gasteiger partial charge on any atom is -0.479 e. The summed E-state index contributed by atoms with van der Waals surface area (Å²) in [6.07, 6.45) is 0.386. The third-order valence-electron chi connectivity index (χ3n) is 2.55. The van der Waals surface area contributed by atoms with Crippen LogP contribution in [0.15, 0.2) is 24.3 Å². The summed E-state index contributed by atoms with van der Waals surface area (Å²) in [7, 11) is 0. The van der Waals surface area contributed by atoms with Crippen LogP contribution in [-0.2, 0) is 9.53 Å². The fourth-order valence-corrected chi connectivity index (χ4v) is 2.04. The average molecular weight is 227 g/mol. The fraction of sp³-hybridized carbons (Fsp3) is 0.364. The first-order chi connectivity index (χ1) is 7.18. The monoisotopic (exact) mass is 226 g/mol. The molecular formula is C11H11ClO3. The summed E-state index contributed by atoms with van der Waals surface area (Å²) in [6.45, 7) is 0. The molecule has 0 amide bonds. The molecule has 1 aromatic rings. The van der Waals surface area contributed by atoms with Crippen LogP contribution in [0.3, 0.4) is 0 Å². The highest BCUT2D eigenvalue weighted by Crippen LogP contribution is 2.35. The minimum absolute atomic E-state index is 0.181.